The van der Waals surface area contributed by atoms with Gasteiger partial charge in [-0.25, -0.2) is 4.79 Å². The van der Waals surface area contributed by atoms with Crippen LogP contribution in [0.4, 0.5) is 10.7 Å². The second-order valence-corrected chi connectivity index (χ2v) is 7.64. The van der Waals surface area contributed by atoms with Crippen LogP contribution >= 0.6 is 0 Å². The van der Waals surface area contributed by atoms with Crippen LogP contribution in [-0.4, -0.2) is 70.3 Å². The zero-order valence-electron chi connectivity index (χ0n) is 17.4. The molecule has 0 saturated carbocycles. The Hall–Kier alpha value is -2.94. The molecule has 2 saturated heterocycles. The monoisotopic (exact) mass is 413 g/mol. The molecule has 9 heteroatoms. The molecule has 3 heterocycles. The van der Waals surface area contributed by atoms with Gasteiger partial charge in [-0.15, -0.1) is 0 Å². The molecule has 0 bridgehead atoms. The van der Waals surface area contributed by atoms with Gasteiger partial charge in [0, 0.05) is 33.2 Å². The summed E-state index contributed by atoms with van der Waals surface area (Å²) in [6, 6.07) is 9.54. The fourth-order valence-corrected chi connectivity index (χ4v) is 4.24. The molecule has 1 aromatic carbocycles. The highest BCUT2D eigenvalue weighted by Crippen LogP contribution is 2.39. The zero-order valence-corrected chi connectivity index (χ0v) is 17.4. The fourth-order valence-electron chi connectivity index (χ4n) is 4.24. The maximum atomic E-state index is 13.5. The van der Waals surface area contributed by atoms with Crippen molar-refractivity contribution in [3.8, 4) is 0 Å². The van der Waals surface area contributed by atoms with Crippen molar-refractivity contribution in [1.29, 1.82) is 0 Å². The number of carbonyl (C=O) groups excluding carboxylic acids is 2. The van der Waals surface area contributed by atoms with E-state index in [2.05, 4.69) is 10.1 Å². The Bertz CT molecular complexity index is 892. The second kappa shape index (κ2) is 8.43. The van der Waals surface area contributed by atoms with E-state index < -0.39 is 5.54 Å². The molecule has 0 atom stereocenters. The van der Waals surface area contributed by atoms with Crippen molar-refractivity contribution in [2.45, 2.75) is 38.8 Å². The summed E-state index contributed by atoms with van der Waals surface area (Å²) in [5.74, 6) is 0.902. The Morgan fingerprint density at radius 2 is 1.90 bits per heavy atom. The highest BCUT2D eigenvalue weighted by atomic mass is 16.5. The molecule has 2 aromatic rings. The van der Waals surface area contributed by atoms with E-state index in [1.54, 1.807) is 11.8 Å². The number of amides is 3. The number of imide groups is 1. The van der Waals surface area contributed by atoms with E-state index in [-0.39, 0.29) is 18.5 Å². The molecular weight excluding hydrogens is 386 g/mol. The number of rotatable bonds is 7. The number of ether oxygens (including phenoxy) is 1. The molecule has 2 fully saturated rings. The van der Waals surface area contributed by atoms with Crippen molar-refractivity contribution in [3.63, 3.8) is 0 Å². The number of benzene rings is 1. The Morgan fingerprint density at radius 3 is 2.53 bits per heavy atom. The largest absolute Gasteiger partial charge is 0.380 e. The summed E-state index contributed by atoms with van der Waals surface area (Å²) in [7, 11) is 0. The van der Waals surface area contributed by atoms with Gasteiger partial charge in [0.2, 0.25) is 5.89 Å². The summed E-state index contributed by atoms with van der Waals surface area (Å²) in [6.07, 6.45) is 1.03. The lowest BCUT2D eigenvalue weighted by Crippen LogP contribution is -2.56. The van der Waals surface area contributed by atoms with Gasteiger partial charge in [0.05, 0.1) is 13.2 Å². The molecular formula is C21H27N5O4. The van der Waals surface area contributed by atoms with Crippen LogP contribution in [0.1, 0.15) is 31.2 Å². The van der Waals surface area contributed by atoms with E-state index in [1.165, 1.54) is 4.90 Å². The molecule has 2 aliphatic heterocycles. The Morgan fingerprint density at radius 1 is 1.17 bits per heavy atom. The number of nitrogens with zero attached hydrogens (tertiary/aromatic N) is 5. The van der Waals surface area contributed by atoms with E-state index >= 15 is 0 Å². The van der Waals surface area contributed by atoms with Gasteiger partial charge >= 0.3 is 6.03 Å². The van der Waals surface area contributed by atoms with E-state index in [1.807, 2.05) is 42.2 Å². The van der Waals surface area contributed by atoms with Crippen LogP contribution < -0.4 is 4.90 Å². The van der Waals surface area contributed by atoms with E-state index in [0.717, 1.165) is 5.56 Å². The number of carbonyl (C=O) groups is 2. The van der Waals surface area contributed by atoms with Crippen molar-refractivity contribution in [3.05, 3.63) is 41.8 Å². The summed E-state index contributed by atoms with van der Waals surface area (Å²) in [4.78, 5) is 36.1. The predicted molar refractivity (Wildman–Crippen MR) is 109 cm³/mol. The molecule has 0 aliphatic carbocycles. The standard InChI is InChI=1S/C21H27N5O4/c1-3-29-14-13-25-18(27)21(26(20(25)28)15-17-7-5-4-6-8-17)9-11-24(12-10-21)19-22-16(2)30-23-19/h4-8H,3,9-15H2,1-2H3. The smallest absolute Gasteiger partial charge is 0.328 e. The predicted octanol–water partition coefficient (Wildman–Crippen LogP) is 2.22. The number of hydrogen-bond acceptors (Lipinski definition) is 7. The molecule has 0 radical (unpaired) electrons. The Labute approximate surface area is 175 Å². The van der Waals surface area contributed by atoms with Crippen molar-refractivity contribution >= 4 is 17.9 Å². The minimum atomic E-state index is -0.853. The van der Waals surface area contributed by atoms with Gasteiger partial charge in [-0.05, 0) is 30.5 Å². The molecule has 1 spiro atoms. The summed E-state index contributed by atoms with van der Waals surface area (Å²) >= 11 is 0. The highest BCUT2D eigenvalue weighted by molar-refractivity contribution is 6.07. The third-order valence-corrected chi connectivity index (χ3v) is 5.86. The minimum Gasteiger partial charge on any atom is -0.380 e. The van der Waals surface area contributed by atoms with Gasteiger partial charge in [0.25, 0.3) is 11.9 Å². The average molecular weight is 413 g/mol. The quantitative estimate of drug-likeness (QED) is 0.508. The Balaban J connectivity index is 1.57. The van der Waals surface area contributed by atoms with Crippen LogP contribution in [0.2, 0.25) is 0 Å². The van der Waals surface area contributed by atoms with Gasteiger partial charge in [-0.3, -0.25) is 9.69 Å². The van der Waals surface area contributed by atoms with Crippen molar-refractivity contribution < 1.29 is 18.8 Å². The number of hydrogen-bond donors (Lipinski definition) is 0. The molecule has 2 aliphatic rings. The lowest BCUT2D eigenvalue weighted by Gasteiger charge is -2.41. The maximum Gasteiger partial charge on any atom is 0.328 e. The molecule has 0 N–H and O–H groups in total. The van der Waals surface area contributed by atoms with Crippen molar-refractivity contribution in [1.82, 2.24) is 19.9 Å². The van der Waals surface area contributed by atoms with Crippen LogP contribution in [0, 0.1) is 6.92 Å². The number of urea groups is 1. The van der Waals surface area contributed by atoms with Crippen LogP contribution in [0.15, 0.2) is 34.9 Å². The van der Waals surface area contributed by atoms with Crippen molar-refractivity contribution in [2.24, 2.45) is 0 Å². The third kappa shape index (κ3) is 3.65. The van der Waals surface area contributed by atoms with Gasteiger partial charge in [-0.2, -0.15) is 4.98 Å². The lowest BCUT2D eigenvalue weighted by molar-refractivity contribution is -0.135. The first kappa shape index (κ1) is 20.3. The third-order valence-electron chi connectivity index (χ3n) is 5.86. The van der Waals surface area contributed by atoms with Gasteiger partial charge in [0.15, 0.2) is 0 Å². The molecule has 160 valence electrons. The first-order valence-electron chi connectivity index (χ1n) is 10.4. The van der Waals surface area contributed by atoms with Crippen LogP contribution in [-0.2, 0) is 16.1 Å². The van der Waals surface area contributed by atoms with Gasteiger partial charge in [0.1, 0.15) is 5.54 Å². The van der Waals surface area contributed by atoms with Crippen molar-refractivity contribution in [2.75, 3.05) is 37.7 Å². The van der Waals surface area contributed by atoms with E-state index in [4.69, 9.17) is 9.26 Å². The molecule has 0 unspecified atom stereocenters. The number of aromatic nitrogens is 2. The van der Waals surface area contributed by atoms with Crippen LogP contribution in [0.25, 0.3) is 0 Å². The molecule has 1 aromatic heterocycles. The van der Waals surface area contributed by atoms with E-state index in [9.17, 15) is 9.59 Å². The van der Waals surface area contributed by atoms with Crippen LogP contribution in [0.3, 0.4) is 0 Å². The molecule has 9 nitrogen and oxygen atoms in total. The molecule has 30 heavy (non-hydrogen) atoms. The summed E-state index contributed by atoms with van der Waals surface area (Å²) in [5.41, 5.74) is 0.148. The average Bonchev–Trinajstić information content (AvgIpc) is 3.27. The second-order valence-electron chi connectivity index (χ2n) is 7.64. The van der Waals surface area contributed by atoms with Crippen LogP contribution in [0.5, 0.6) is 0 Å². The topological polar surface area (TPSA) is 92.0 Å². The lowest BCUT2D eigenvalue weighted by atomic mass is 9.85. The normalized spacial score (nSPS) is 18.7. The fraction of sp³-hybridized carbons (Fsp3) is 0.524. The zero-order chi connectivity index (χ0) is 21.1. The number of aryl methyl sites for hydroxylation is 1. The van der Waals surface area contributed by atoms with Gasteiger partial charge in [-0.1, -0.05) is 30.3 Å². The maximum absolute atomic E-state index is 13.5. The highest BCUT2D eigenvalue weighted by Gasteiger charge is 2.57. The summed E-state index contributed by atoms with van der Waals surface area (Å²) < 4.78 is 10.5. The SMILES string of the molecule is CCOCCN1C(=O)N(Cc2ccccc2)C2(CCN(c3noc(C)n3)CC2)C1=O. The number of piperidine rings is 1. The Kier molecular flexibility index (Phi) is 5.72. The minimum absolute atomic E-state index is 0.132. The van der Waals surface area contributed by atoms with Gasteiger partial charge < -0.3 is 19.1 Å². The molecule has 4 rings (SSSR count). The molecule has 3 amide bonds. The first-order chi connectivity index (χ1) is 14.5. The first-order valence-corrected chi connectivity index (χ1v) is 10.4. The van der Waals surface area contributed by atoms with E-state index in [0.29, 0.717) is 57.5 Å². The summed E-state index contributed by atoms with van der Waals surface area (Å²) in [6.45, 7) is 6.35. The summed E-state index contributed by atoms with van der Waals surface area (Å²) in [5, 5.41) is 3.99. The number of anilines is 1.